The molecule has 2 amide bonds. The van der Waals surface area contributed by atoms with Crippen LogP contribution in [0.3, 0.4) is 0 Å². The number of hydrogen-bond acceptors (Lipinski definition) is 4. The highest BCUT2D eigenvalue weighted by atomic mass is 35.5. The third-order valence-corrected chi connectivity index (χ3v) is 7.26. The molecule has 2 aromatic rings. The Morgan fingerprint density at radius 3 is 2.62 bits per heavy atom. The van der Waals surface area contributed by atoms with Gasteiger partial charge in [-0.2, -0.15) is 0 Å². The van der Waals surface area contributed by atoms with E-state index in [4.69, 9.17) is 11.6 Å². The Labute approximate surface area is 186 Å². The minimum atomic E-state index is -1.00. The summed E-state index contributed by atoms with van der Waals surface area (Å²) in [5.41, 5.74) is -1.50. The van der Waals surface area contributed by atoms with Gasteiger partial charge >= 0.3 is 0 Å². The summed E-state index contributed by atoms with van der Waals surface area (Å²) in [7, 11) is 0. The Kier molecular flexibility index (Phi) is 4.96. The summed E-state index contributed by atoms with van der Waals surface area (Å²) in [4.78, 5) is 40.3. The number of aromatic hydroxyl groups is 1. The topological polar surface area (TPSA) is 91.6 Å². The molecule has 4 aliphatic rings. The molecule has 0 unspecified atom stereocenters. The molecule has 2 bridgehead atoms. The summed E-state index contributed by atoms with van der Waals surface area (Å²) in [6.45, 7) is 0.0459. The molecule has 1 saturated carbocycles. The van der Waals surface area contributed by atoms with Crippen LogP contribution in [0.2, 0.25) is 5.02 Å². The van der Waals surface area contributed by atoms with Crippen molar-refractivity contribution < 1.29 is 23.5 Å². The van der Waals surface area contributed by atoms with Gasteiger partial charge in [-0.25, -0.2) is 8.78 Å². The number of aromatic nitrogens is 1. The summed E-state index contributed by atoms with van der Waals surface area (Å²) < 4.78 is 28.9. The molecule has 7 nitrogen and oxygen atoms in total. The minimum absolute atomic E-state index is 0.0317. The van der Waals surface area contributed by atoms with Gasteiger partial charge in [-0.15, -0.1) is 0 Å². The summed E-state index contributed by atoms with van der Waals surface area (Å²) in [6, 6.07) is 2.19. The Morgan fingerprint density at radius 1 is 1.19 bits per heavy atom. The standard InChI is InChI=1S/C22H20ClF2N3O4/c23-16-14(24)6-3-11(17(16)25)7-26-21(31)13-8-27-9-15-10-1-4-12(5-2-10)28(15)22(32)18(27)20(30)19(13)29/h3,6,8,10,12,15,30H,1-2,4-5,7,9H2,(H,26,31)/t10?,12?,15-/m0/s1. The molecular weight excluding hydrogens is 444 g/mol. The first-order valence-electron chi connectivity index (χ1n) is 10.5. The van der Waals surface area contributed by atoms with Crippen molar-refractivity contribution >= 4 is 23.4 Å². The van der Waals surface area contributed by atoms with Gasteiger partial charge in [-0.1, -0.05) is 17.7 Å². The van der Waals surface area contributed by atoms with Gasteiger partial charge in [0.25, 0.3) is 11.8 Å². The number of amides is 2. The first kappa shape index (κ1) is 20.9. The second kappa shape index (κ2) is 7.58. The second-order valence-corrected chi connectivity index (χ2v) is 8.96. The van der Waals surface area contributed by atoms with Crippen molar-refractivity contribution in [3.05, 3.63) is 62.0 Å². The van der Waals surface area contributed by atoms with E-state index < -0.39 is 33.7 Å². The average molecular weight is 464 g/mol. The fraction of sp³-hybridized carbons (Fsp3) is 0.409. The highest BCUT2D eigenvalue weighted by Gasteiger charge is 2.48. The number of piperidine rings is 2. The SMILES string of the molecule is O=C(NCc1ccc(F)c(Cl)c1F)c1cn2c(c(O)c1=O)C(=O)N1C3CCC(CC3)[C@@H]1C2. The molecule has 0 radical (unpaired) electrons. The number of benzene rings is 1. The van der Waals surface area contributed by atoms with Crippen LogP contribution in [0.4, 0.5) is 8.78 Å². The maximum absolute atomic E-state index is 14.1. The number of hydrogen-bond donors (Lipinski definition) is 2. The van der Waals surface area contributed by atoms with Crippen molar-refractivity contribution in [3.63, 3.8) is 0 Å². The van der Waals surface area contributed by atoms with Gasteiger partial charge in [0.1, 0.15) is 22.2 Å². The zero-order chi connectivity index (χ0) is 22.7. The highest BCUT2D eigenvalue weighted by molar-refractivity contribution is 6.30. The number of halogens is 3. The van der Waals surface area contributed by atoms with E-state index in [2.05, 4.69) is 5.32 Å². The molecule has 2 N–H and O–H groups in total. The summed E-state index contributed by atoms with van der Waals surface area (Å²) >= 11 is 5.55. The smallest absolute Gasteiger partial charge is 0.275 e. The van der Waals surface area contributed by atoms with Crippen LogP contribution in [0.5, 0.6) is 5.75 Å². The molecule has 168 valence electrons. The van der Waals surface area contributed by atoms with Gasteiger partial charge < -0.3 is 19.9 Å². The lowest BCUT2D eigenvalue weighted by atomic mass is 9.73. The van der Waals surface area contributed by atoms with Crippen molar-refractivity contribution in [1.29, 1.82) is 0 Å². The van der Waals surface area contributed by atoms with E-state index in [1.807, 2.05) is 0 Å². The fourth-order valence-electron chi connectivity index (χ4n) is 5.29. The van der Waals surface area contributed by atoms with E-state index in [0.29, 0.717) is 12.5 Å². The van der Waals surface area contributed by atoms with Gasteiger partial charge in [0.15, 0.2) is 11.4 Å². The van der Waals surface area contributed by atoms with E-state index in [9.17, 15) is 28.3 Å². The molecule has 10 heteroatoms. The summed E-state index contributed by atoms with van der Waals surface area (Å²) in [6.07, 6.45) is 5.17. The Bertz CT molecular complexity index is 1210. The Morgan fingerprint density at radius 2 is 1.91 bits per heavy atom. The molecule has 1 aliphatic carbocycles. The maximum atomic E-state index is 14.1. The van der Waals surface area contributed by atoms with Crippen molar-refractivity contribution in [2.75, 3.05) is 0 Å². The maximum Gasteiger partial charge on any atom is 0.275 e. The Balaban J connectivity index is 1.44. The molecular formula is C22H20ClF2N3O4. The molecule has 1 atom stereocenters. The number of carbonyl (C=O) groups is 2. The van der Waals surface area contributed by atoms with Gasteiger partial charge in [-0.3, -0.25) is 14.4 Å². The molecule has 1 aromatic heterocycles. The van der Waals surface area contributed by atoms with Crippen molar-refractivity contribution in [1.82, 2.24) is 14.8 Å². The molecule has 3 fully saturated rings. The van der Waals surface area contributed by atoms with E-state index in [-0.39, 0.29) is 41.4 Å². The van der Waals surface area contributed by atoms with Crippen LogP contribution in [0, 0.1) is 17.6 Å². The van der Waals surface area contributed by atoms with Crippen LogP contribution in [0.25, 0.3) is 0 Å². The number of nitrogens with one attached hydrogen (secondary N) is 1. The van der Waals surface area contributed by atoms with Crippen molar-refractivity contribution in [2.24, 2.45) is 5.92 Å². The highest BCUT2D eigenvalue weighted by Crippen LogP contribution is 2.43. The molecule has 1 aromatic carbocycles. The summed E-state index contributed by atoms with van der Waals surface area (Å²) in [5, 5.41) is 12.2. The molecule has 3 aliphatic heterocycles. The van der Waals surface area contributed by atoms with Crippen molar-refractivity contribution in [2.45, 2.75) is 50.9 Å². The first-order chi connectivity index (χ1) is 15.3. The average Bonchev–Trinajstić information content (AvgIpc) is 2.79. The largest absolute Gasteiger partial charge is 0.503 e. The van der Waals surface area contributed by atoms with E-state index in [1.165, 1.54) is 10.8 Å². The van der Waals surface area contributed by atoms with Crippen molar-refractivity contribution in [3.8, 4) is 5.75 Å². The Hall–Kier alpha value is -2.94. The lowest BCUT2D eigenvalue weighted by Crippen LogP contribution is -2.61. The van der Waals surface area contributed by atoms with Crippen LogP contribution in [0.15, 0.2) is 23.1 Å². The predicted octanol–water partition coefficient (Wildman–Crippen LogP) is 2.81. The van der Waals surface area contributed by atoms with E-state index in [0.717, 1.165) is 37.8 Å². The predicted molar refractivity (Wildman–Crippen MR) is 111 cm³/mol. The number of carbonyl (C=O) groups excluding carboxylic acids is 2. The number of pyridine rings is 1. The second-order valence-electron chi connectivity index (χ2n) is 8.59. The molecule has 6 rings (SSSR count). The van der Waals surface area contributed by atoms with Gasteiger partial charge in [0.05, 0.1) is 6.04 Å². The fourth-order valence-corrected chi connectivity index (χ4v) is 5.48. The first-order valence-corrected chi connectivity index (χ1v) is 10.8. The third-order valence-electron chi connectivity index (χ3n) is 6.91. The lowest BCUT2D eigenvalue weighted by molar-refractivity contribution is -0.0181. The number of nitrogens with zero attached hydrogens (tertiary/aromatic N) is 2. The van der Waals surface area contributed by atoms with Crippen LogP contribution < -0.4 is 10.7 Å². The van der Waals surface area contributed by atoms with Crippen LogP contribution in [0.1, 0.15) is 52.1 Å². The molecule has 32 heavy (non-hydrogen) atoms. The van der Waals surface area contributed by atoms with E-state index >= 15 is 0 Å². The number of fused-ring (bicyclic) bond motifs is 3. The van der Waals surface area contributed by atoms with E-state index in [1.54, 1.807) is 4.90 Å². The van der Waals surface area contributed by atoms with Gasteiger partial charge in [0.2, 0.25) is 5.43 Å². The molecule has 2 saturated heterocycles. The normalized spacial score (nSPS) is 23.7. The van der Waals surface area contributed by atoms with Crippen LogP contribution in [-0.2, 0) is 13.1 Å². The van der Waals surface area contributed by atoms with Crippen LogP contribution in [-0.4, -0.2) is 38.5 Å². The third kappa shape index (κ3) is 3.09. The minimum Gasteiger partial charge on any atom is -0.503 e. The van der Waals surface area contributed by atoms with Gasteiger partial charge in [-0.05, 0) is 37.7 Å². The molecule has 0 spiro atoms. The van der Waals surface area contributed by atoms with Gasteiger partial charge in [0, 0.05) is 30.9 Å². The zero-order valence-corrected chi connectivity index (χ0v) is 17.7. The lowest BCUT2D eigenvalue weighted by Gasteiger charge is -2.53. The zero-order valence-electron chi connectivity index (χ0n) is 16.9. The number of rotatable bonds is 3. The quantitative estimate of drug-likeness (QED) is 0.685. The monoisotopic (exact) mass is 463 g/mol. The summed E-state index contributed by atoms with van der Waals surface area (Å²) in [5.74, 6) is -3.58. The van der Waals surface area contributed by atoms with Crippen LogP contribution >= 0.6 is 11.6 Å². The molecule has 4 heterocycles.